The van der Waals surface area contributed by atoms with Gasteiger partial charge in [0.1, 0.15) is 12.4 Å². The Bertz CT molecular complexity index is 1060. The van der Waals surface area contributed by atoms with Gasteiger partial charge in [-0.05, 0) is 64.4 Å². The third-order valence-electron chi connectivity index (χ3n) is 4.92. The second-order valence-corrected chi connectivity index (χ2v) is 7.23. The van der Waals surface area contributed by atoms with Crippen molar-refractivity contribution in [3.8, 4) is 17.6 Å². The summed E-state index contributed by atoms with van der Waals surface area (Å²) in [4.78, 5) is 0. The molecule has 0 bridgehead atoms. The van der Waals surface area contributed by atoms with Gasteiger partial charge in [0.2, 0.25) is 0 Å². The maximum Gasteiger partial charge on any atom is 0.438 e. The molecule has 0 aromatic heterocycles. The Hall–Kier alpha value is -3.00. The van der Waals surface area contributed by atoms with Gasteiger partial charge in [-0.25, -0.2) is 0 Å². The van der Waals surface area contributed by atoms with Gasteiger partial charge in [-0.1, -0.05) is 37.1 Å². The zero-order valence-corrected chi connectivity index (χ0v) is 18.0. The lowest BCUT2D eigenvalue weighted by Crippen LogP contribution is -2.55. The van der Waals surface area contributed by atoms with Crippen molar-refractivity contribution in [2.75, 3.05) is 0 Å². The van der Waals surface area contributed by atoms with E-state index < -0.39 is 18.0 Å². The Morgan fingerprint density at radius 2 is 1.59 bits per heavy atom. The minimum Gasteiger partial charge on any atom is -0.489 e. The van der Waals surface area contributed by atoms with Crippen LogP contribution in [0.2, 0.25) is 0 Å². The van der Waals surface area contributed by atoms with Gasteiger partial charge in [0.15, 0.2) is 0 Å². The van der Waals surface area contributed by atoms with Crippen molar-refractivity contribution in [1.82, 2.24) is 0 Å². The number of aliphatic hydroxyl groups excluding tert-OH is 2. The van der Waals surface area contributed by atoms with Gasteiger partial charge < -0.3 is 20.1 Å². The van der Waals surface area contributed by atoms with Gasteiger partial charge in [-0.3, -0.25) is 0 Å². The van der Waals surface area contributed by atoms with E-state index in [1.807, 2.05) is 0 Å². The summed E-state index contributed by atoms with van der Waals surface area (Å²) < 4.78 is 82.3. The molecule has 0 fully saturated rings. The maximum absolute atomic E-state index is 12.8. The summed E-state index contributed by atoms with van der Waals surface area (Å²) in [7, 11) is 0. The van der Waals surface area contributed by atoms with E-state index in [1.165, 1.54) is 0 Å². The predicted octanol–water partition coefficient (Wildman–Crippen LogP) is 4.90. The van der Waals surface area contributed by atoms with E-state index in [0.717, 1.165) is 12.0 Å². The molecule has 184 valence electrons. The molecule has 2 aromatic carbocycles. The molecule has 0 aliphatic heterocycles. The number of ether oxygens (including phenoxy) is 1. The number of hydrogen-bond acceptors (Lipinski definition) is 4. The van der Waals surface area contributed by atoms with Crippen LogP contribution in [0.25, 0.3) is 5.57 Å². The first-order valence-corrected chi connectivity index (χ1v) is 9.99. The maximum atomic E-state index is 12.8. The largest absolute Gasteiger partial charge is 0.489 e. The highest BCUT2D eigenvalue weighted by atomic mass is 19.4. The van der Waals surface area contributed by atoms with E-state index in [0.29, 0.717) is 33.6 Å². The first-order valence-electron chi connectivity index (χ1n) is 9.99. The highest BCUT2D eigenvalue weighted by Crippen LogP contribution is 2.42. The molecule has 0 saturated carbocycles. The van der Waals surface area contributed by atoms with Crippen LogP contribution in [0, 0.1) is 11.8 Å². The van der Waals surface area contributed by atoms with Gasteiger partial charge in [-0.15, -0.1) is 0 Å². The van der Waals surface area contributed by atoms with Gasteiger partial charge >= 0.3 is 18.0 Å². The molecule has 3 N–H and O–H groups in total. The zero-order chi connectivity index (χ0) is 25.6. The van der Waals surface area contributed by atoms with E-state index >= 15 is 0 Å². The number of alkyl halides is 6. The second kappa shape index (κ2) is 11.0. The van der Waals surface area contributed by atoms with Crippen molar-refractivity contribution >= 4 is 5.57 Å². The monoisotopic (exact) mass is 488 g/mol. The molecule has 0 saturated heterocycles. The number of aliphatic hydroxyl groups is 3. The second-order valence-electron chi connectivity index (χ2n) is 7.23. The van der Waals surface area contributed by atoms with Crippen LogP contribution >= 0.6 is 0 Å². The summed E-state index contributed by atoms with van der Waals surface area (Å²) in [5, 5.41) is 27.8. The van der Waals surface area contributed by atoms with Crippen LogP contribution in [0.3, 0.4) is 0 Å². The Morgan fingerprint density at radius 1 is 0.941 bits per heavy atom. The van der Waals surface area contributed by atoms with E-state index in [4.69, 9.17) is 9.84 Å². The molecular weight excluding hydrogens is 466 g/mol. The Morgan fingerprint density at radius 3 is 2.15 bits per heavy atom. The minimum absolute atomic E-state index is 0.108. The molecule has 0 amide bonds. The SMILES string of the molecule is CC/C(=C\C#CC(O)(C(F)(F)F)C(F)(F)F)c1cccc(OCc2ccc(CO)c(CO)c2)c1. The molecule has 4 nitrogen and oxygen atoms in total. The van der Waals surface area contributed by atoms with Crippen LogP contribution in [0.1, 0.15) is 35.6 Å². The molecule has 0 heterocycles. The number of hydrogen-bond donors (Lipinski definition) is 3. The first-order chi connectivity index (χ1) is 15.9. The fourth-order valence-electron chi connectivity index (χ4n) is 2.94. The molecule has 10 heteroatoms. The Kier molecular flexibility index (Phi) is 8.78. The molecule has 0 atom stereocenters. The third-order valence-corrected chi connectivity index (χ3v) is 4.92. The normalized spacial score (nSPS) is 12.8. The highest BCUT2D eigenvalue weighted by Gasteiger charge is 2.70. The van der Waals surface area contributed by atoms with E-state index in [1.54, 1.807) is 55.3 Å². The van der Waals surface area contributed by atoms with Crippen LogP contribution in [0.15, 0.2) is 48.5 Å². The van der Waals surface area contributed by atoms with Crippen LogP contribution < -0.4 is 4.74 Å². The van der Waals surface area contributed by atoms with E-state index in [9.17, 15) is 36.6 Å². The van der Waals surface area contributed by atoms with Gasteiger partial charge in [0, 0.05) is 0 Å². The molecule has 0 radical (unpaired) electrons. The lowest BCUT2D eigenvalue weighted by molar-refractivity contribution is -0.343. The molecule has 0 unspecified atom stereocenters. The minimum atomic E-state index is -6.02. The summed E-state index contributed by atoms with van der Waals surface area (Å²) in [6.45, 7) is 1.26. The third kappa shape index (κ3) is 6.32. The first kappa shape index (κ1) is 27.2. The molecule has 0 aliphatic carbocycles. The summed E-state index contributed by atoms with van der Waals surface area (Å²) in [5.41, 5.74) is -2.51. The lowest BCUT2D eigenvalue weighted by atomic mass is 10.0. The predicted molar refractivity (Wildman–Crippen MR) is 112 cm³/mol. The summed E-state index contributed by atoms with van der Waals surface area (Å²) in [6.07, 6.45) is -10.9. The molecule has 0 aliphatic rings. The average Bonchev–Trinajstić information content (AvgIpc) is 2.78. The highest BCUT2D eigenvalue weighted by molar-refractivity contribution is 5.69. The molecule has 2 rings (SSSR count). The molecule has 2 aromatic rings. The van der Waals surface area contributed by atoms with Crippen LogP contribution in [0.4, 0.5) is 26.3 Å². The number of rotatable bonds is 7. The fraction of sp³-hybridized carbons (Fsp3) is 0.333. The molecule has 34 heavy (non-hydrogen) atoms. The molecule has 0 spiro atoms. The van der Waals surface area contributed by atoms with Crippen molar-refractivity contribution in [3.63, 3.8) is 0 Å². The smallest absolute Gasteiger partial charge is 0.438 e. The van der Waals surface area contributed by atoms with Crippen molar-refractivity contribution in [2.45, 2.75) is 51.1 Å². The van der Waals surface area contributed by atoms with Gasteiger partial charge in [0.25, 0.3) is 0 Å². The number of benzene rings is 2. The van der Waals surface area contributed by atoms with Gasteiger partial charge in [-0.2, -0.15) is 26.3 Å². The zero-order valence-electron chi connectivity index (χ0n) is 18.0. The Balaban J connectivity index is 2.25. The number of allylic oxidation sites excluding steroid dienone is 2. The average molecular weight is 488 g/mol. The standard InChI is InChI=1S/C24H22F6O4/c1-2-17(6-4-10-22(33,23(25,26)27)24(28,29)30)18-5-3-7-21(12-18)34-15-16-8-9-19(13-31)20(11-16)14-32/h3,5-9,11-12,31-33H,2,13-15H2,1H3/b17-6+. The van der Waals surface area contributed by atoms with E-state index in [-0.39, 0.29) is 26.2 Å². The van der Waals surface area contributed by atoms with Crippen molar-refractivity contribution < 1.29 is 46.4 Å². The lowest BCUT2D eigenvalue weighted by Gasteiger charge is -2.27. The van der Waals surface area contributed by atoms with Crippen molar-refractivity contribution in [3.05, 3.63) is 70.8 Å². The van der Waals surface area contributed by atoms with Crippen LogP contribution in [-0.2, 0) is 19.8 Å². The van der Waals surface area contributed by atoms with Crippen molar-refractivity contribution in [2.24, 2.45) is 0 Å². The van der Waals surface area contributed by atoms with Crippen LogP contribution in [-0.4, -0.2) is 33.3 Å². The van der Waals surface area contributed by atoms with Crippen molar-refractivity contribution in [1.29, 1.82) is 0 Å². The summed E-state index contributed by atoms with van der Waals surface area (Å²) in [5.74, 6) is 2.98. The molecular formula is C24H22F6O4. The number of halogens is 6. The van der Waals surface area contributed by atoms with E-state index in [2.05, 4.69) is 0 Å². The summed E-state index contributed by atoms with van der Waals surface area (Å²) in [6, 6.07) is 11.4. The van der Waals surface area contributed by atoms with Gasteiger partial charge in [0.05, 0.1) is 13.2 Å². The Labute approximate surface area is 192 Å². The topological polar surface area (TPSA) is 69.9 Å². The summed E-state index contributed by atoms with van der Waals surface area (Å²) >= 11 is 0. The quantitative estimate of drug-likeness (QED) is 0.383. The van der Waals surface area contributed by atoms with Crippen LogP contribution in [0.5, 0.6) is 5.75 Å². The fourth-order valence-corrected chi connectivity index (χ4v) is 2.94.